The second-order valence-corrected chi connectivity index (χ2v) is 7.55. The summed E-state index contributed by atoms with van der Waals surface area (Å²) >= 11 is 0. The molecule has 0 fully saturated rings. The number of carbonyl (C=O) groups is 2. The first-order chi connectivity index (χ1) is 14.0. The lowest BCUT2D eigenvalue weighted by Gasteiger charge is -2.23. The van der Waals surface area contributed by atoms with Crippen molar-refractivity contribution in [3.8, 4) is 0 Å². The topological polar surface area (TPSA) is 49.4 Å². The molecule has 4 heteroatoms. The number of benzene rings is 3. The van der Waals surface area contributed by atoms with Crippen LogP contribution in [0.2, 0.25) is 0 Å². The minimum absolute atomic E-state index is 0.0731. The molecule has 0 bridgehead atoms. The number of hydrogen-bond donors (Lipinski definition) is 1. The molecule has 0 radical (unpaired) electrons. The average Bonchev–Trinajstić information content (AvgIpc) is 3.08. The number of amides is 2. The molecule has 1 N–H and O–H groups in total. The zero-order valence-electron chi connectivity index (χ0n) is 16.7. The molecule has 0 spiro atoms. The second-order valence-electron chi connectivity index (χ2n) is 7.55. The van der Waals surface area contributed by atoms with Gasteiger partial charge >= 0.3 is 0 Å². The summed E-state index contributed by atoms with van der Waals surface area (Å²) in [5.41, 5.74) is 5.37. The van der Waals surface area contributed by atoms with E-state index < -0.39 is 0 Å². The molecule has 0 aliphatic carbocycles. The Kier molecular flexibility index (Phi) is 5.17. The van der Waals surface area contributed by atoms with E-state index in [9.17, 15) is 9.59 Å². The van der Waals surface area contributed by atoms with Crippen molar-refractivity contribution in [1.82, 2.24) is 5.32 Å². The minimum atomic E-state index is -0.183. The zero-order chi connectivity index (χ0) is 20.4. The van der Waals surface area contributed by atoms with Gasteiger partial charge in [0.25, 0.3) is 11.8 Å². The van der Waals surface area contributed by atoms with Crippen molar-refractivity contribution in [2.24, 2.45) is 0 Å². The minimum Gasteiger partial charge on any atom is -0.348 e. The van der Waals surface area contributed by atoms with Crippen molar-refractivity contribution in [1.29, 1.82) is 0 Å². The van der Waals surface area contributed by atoms with Crippen molar-refractivity contribution >= 4 is 17.5 Å². The monoisotopic (exact) mass is 384 g/mol. The average molecular weight is 384 g/mol. The van der Waals surface area contributed by atoms with Gasteiger partial charge < -0.3 is 10.2 Å². The smallest absolute Gasteiger partial charge is 0.258 e. The Morgan fingerprint density at radius 1 is 0.966 bits per heavy atom. The Labute approximate surface area is 171 Å². The molecular weight excluding hydrogens is 360 g/mol. The van der Waals surface area contributed by atoms with E-state index in [-0.39, 0.29) is 17.9 Å². The number of para-hydroxylation sites is 1. The fourth-order valence-corrected chi connectivity index (χ4v) is 3.89. The highest BCUT2D eigenvalue weighted by Crippen LogP contribution is 2.33. The Hall–Kier alpha value is -3.40. The number of nitrogens with zero attached hydrogens (tertiary/aromatic N) is 1. The molecular formula is C25H24N2O2. The first-order valence-corrected chi connectivity index (χ1v) is 9.89. The van der Waals surface area contributed by atoms with Gasteiger partial charge in [0.2, 0.25) is 0 Å². The number of fused-ring (bicyclic) bond motifs is 1. The third kappa shape index (κ3) is 3.79. The van der Waals surface area contributed by atoms with E-state index in [2.05, 4.69) is 18.3 Å². The first-order valence-electron chi connectivity index (χ1n) is 9.89. The fraction of sp³-hybridized carbons (Fsp3) is 0.200. The lowest BCUT2D eigenvalue weighted by Crippen LogP contribution is -2.35. The van der Waals surface area contributed by atoms with Crippen LogP contribution in [-0.2, 0) is 13.0 Å². The van der Waals surface area contributed by atoms with Gasteiger partial charge in [-0.25, -0.2) is 0 Å². The van der Waals surface area contributed by atoms with E-state index in [1.54, 1.807) is 24.3 Å². The van der Waals surface area contributed by atoms with Crippen molar-refractivity contribution in [2.45, 2.75) is 32.9 Å². The highest BCUT2D eigenvalue weighted by atomic mass is 16.2. The maximum Gasteiger partial charge on any atom is 0.258 e. The van der Waals surface area contributed by atoms with E-state index in [1.807, 2.05) is 54.3 Å². The van der Waals surface area contributed by atoms with E-state index in [4.69, 9.17) is 0 Å². The van der Waals surface area contributed by atoms with Crippen LogP contribution >= 0.6 is 0 Å². The van der Waals surface area contributed by atoms with Crippen LogP contribution in [0, 0.1) is 6.92 Å². The quantitative estimate of drug-likeness (QED) is 0.719. The lowest BCUT2D eigenvalue weighted by molar-refractivity contribution is 0.0951. The normalized spacial score (nSPS) is 15.1. The van der Waals surface area contributed by atoms with Gasteiger partial charge in [-0.15, -0.1) is 0 Å². The van der Waals surface area contributed by atoms with Crippen molar-refractivity contribution in [2.75, 3.05) is 4.90 Å². The van der Waals surface area contributed by atoms with Gasteiger partial charge in [-0.1, -0.05) is 48.5 Å². The molecule has 2 amide bonds. The van der Waals surface area contributed by atoms with Crippen molar-refractivity contribution in [3.63, 3.8) is 0 Å². The molecule has 3 aromatic carbocycles. The van der Waals surface area contributed by atoms with Gasteiger partial charge in [0, 0.05) is 29.4 Å². The molecule has 146 valence electrons. The Morgan fingerprint density at radius 2 is 1.69 bits per heavy atom. The molecule has 1 aliphatic heterocycles. The number of nitrogens with one attached hydrogen (secondary N) is 1. The summed E-state index contributed by atoms with van der Waals surface area (Å²) in [6.07, 6.45) is 0.846. The van der Waals surface area contributed by atoms with Crippen LogP contribution in [0.4, 0.5) is 5.69 Å². The van der Waals surface area contributed by atoms with Gasteiger partial charge in [0.1, 0.15) is 0 Å². The molecule has 1 aliphatic rings. The fourth-order valence-electron chi connectivity index (χ4n) is 3.89. The third-order valence-electron chi connectivity index (χ3n) is 5.50. The molecule has 0 aromatic heterocycles. The molecule has 0 saturated carbocycles. The molecule has 1 heterocycles. The van der Waals surface area contributed by atoms with Gasteiger partial charge in [-0.3, -0.25) is 9.59 Å². The summed E-state index contributed by atoms with van der Waals surface area (Å²) in [5.74, 6) is -0.256. The maximum atomic E-state index is 13.2. The molecule has 4 rings (SSSR count). The summed E-state index contributed by atoms with van der Waals surface area (Å²) in [5, 5.41) is 2.95. The third-order valence-corrected chi connectivity index (χ3v) is 5.50. The van der Waals surface area contributed by atoms with Crippen LogP contribution in [0.15, 0.2) is 72.8 Å². The number of carbonyl (C=O) groups excluding carboxylic acids is 2. The SMILES string of the molecule is Cc1ccccc1CNC(=O)c1cccc(C(=O)N2c3ccccc3CC2C)c1. The molecule has 4 nitrogen and oxygen atoms in total. The van der Waals surface area contributed by atoms with Crippen LogP contribution in [0.5, 0.6) is 0 Å². The Bertz CT molecular complexity index is 1070. The van der Waals surface area contributed by atoms with Gasteiger partial charge in [0.05, 0.1) is 0 Å². The predicted octanol–water partition coefficient (Wildman–Crippen LogP) is 4.52. The molecule has 29 heavy (non-hydrogen) atoms. The summed E-state index contributed by atoms with van der Waals surface area (Å²) in [6, 6.07) is 23.0. The first kappa shape index (κ1) is 18.9. The van der Waals surface area contributed by atoms with E-state index in [0.717, 1.165) is 23.2 Å². The van der Waals surface area contributed by atoms with E-state index >= 15 is 0 Å². The van der Waals surface area contributed by atoms with Crippen LogP contribution in [0.1, 0.15) is 44.3 Å². The lowest BCUT2D eigenvalue weighted by atomic mass is 10.1. The van der Waals surface area contributed by atoms with Crippen LogP contribution in [0.25, 0.3) is 0 Å². The standard InChI is InChI=1S/C25H24N2O2/c1-17-8-3-4-10-22(17)16-26-24(28)20-11-7-12-21(15-20)25(29)27-18(2)14-19-9-5-6-13-23(19)27/h3-13,15,18H,14,16H2,1-2H3,(H,26,28). The van der Waals surface area contributed by atoms with Gasteiger partial charge in [-0.2, -0.15) is 0 Å². The molecule has 1 atom stereocenters. The van der Waals surface area contributed by atoms with E-state index in [1.165, 1.54) is 5.56 Å². The number of aryl methyl sites for hydroxylation is 1. The maximum absolute atomic E-state index is 13.2. The second kappa shape index (κ2) is 7.92. The summed E-state index contributed by atoms with van der Waals surface area (Å²) in [4.78, 5) is 27.7. The van der Waals surface area contributed by atoms with Crippen LogP contribution < -0.4 is 10.2 Å². The van der Waals surface area contributed by atoms with E-state index in [0.29, 0.717) is 17.7 Å². The van der Waals surface area contributed by atoms with Gasteiger partial charge in [-0.05, 0) is 61.2 Å². The zero-order valence-corrected chi connectivity index (χ0v) is 16.7. The highest BCUT2D eigenvalue weighted by molar-refractivity contribution is 6.09. The van der Waals surface area contributed by atoms with Crippen molar-refractivity contribution < 1.29 is 9.59 Å². The largest absolute Gasteiger partial charge is 0.348 e. The number of rotatable bonds is 4. The highest BCUT2D eigenvalue weighted by Gasteiger charge is 2.31. The predicted molar refractivity (Wildman–Crippen MR) is 115 cm³/mol. The molecule has 3 aromatic rings. The molecule has 0 saturated heterocycles. The summed E-state index contributed by atoms with van der Waals surface area (Å²) in [7, 11) is 0. The summed E-state index contributed by atoms with van der Waals surface area (Å²) < 4.78 is 0. The number of hydrogen-bond acceptors (Lipinski definition) is 2. The van der Waals surface area contributed by atoms with Crippen LogP contribution in [0.3, 0.4) is 0 Å². The Morgan fingerprint density at radius 3 is 2.52 bits per heavy atom. The van der Waals surface area contributed by atoms with Crippen LogP contribution in [-0.4, -0.2) is 17.9 Å². The molecule has 1 unspecified atom stereocenters. The van der Waals surface area contributed by atoms with Crippen molar-refractivity contribution in [3.05, 3.63) is 101 Å². The van der Waals surface area contributed by atoms with Gasteiger partial charge in [0.15, 0.2) is 0 Å². The summed E-state index contributed by atoms with van der Waals surface area (Å²) in [6.45, 7) is 4.53. The number of anilines is 1. The Balaban J connectivity index is 1.52.